The molecule has 0 bridgehead atoms. The van der Waals surface area contributed by atoms with Crippen molar-refractivity contribution in [1.82, 2.24) is 16.0 Å². The molecule has 0 spiro atoms. The van der Waals surface area contributed by atoms with Crippen LogP contribution in [0.1, 0.15) is 31.1 Å². The van der Waals surface area contributed by atoms with E-state index < -0.39 is 11.9 Å². The summed E-state index contributed by atoms with van der Waals surface area (Å²) in [5.74, 6) is -1.06. The molecule has 0 fully saturated rings. The van der Waals surface area contributed by atoms with Crippen LogP contribution in [0, 0.1) is 11.7 Å². The quantitative estimate of drug-likeness (QED) is 0.634. The van der Waals surface area contributed by atoms with E-state index in [4.69, 9.17) is 0 Å². The molecule has 0 saturated carbocycles. The molecule has 1 aromatic rings. The van der Waals surface area contributed by atoms with Crippen LogP contribution < -0.4 is 16.0 Å². The highest BCUT2D eigenvalue weighted by atomic mass is 19.1. The molecule has 6 heteroatoms. The van der Waals surface area contributed by atoms with Crippen LogP contribution in [-0.4, -0.2) is 37.5 Å². The Hall–Kier alpha value is -1.95. The van der Waals surface area contributed by atoms with Crippen LogP contribution in [0.25, 0.3) is 0 Å². The summed E-state index contributed by atoms with van der Waals surface area (Å²) in [7, 11) is 0. The molecule has 1 rings (SSSR count). The van der Waals surface area contributed by atoms with E-state index in [1.165, 1.54) is 24.3 Å². The van der Waals surface area contributed by atoms with Gasteiger partial charge in [0.2, 0.25) is 5.91 Å². The van der Waals surface area contributed by atoms with Crippen molar-refractivity contribution in [1.29, 1.82) is 0 Å². The lowest BCUT2D eigenvalue weighted by Gasteiger charge is -2.21. The normalized spacial score (nSPS) is 12.0. The zero-order valence-corrected chi connectivity index (χ0v) is 13.3. The van der Waals surface area contributed by atoms with Gasteiger partial charge in [-0.3, -0.25) is 9.59 Å². The van der Waals surface area contributed by atoms with Gasteiger partial charge in [-0.05, 0) is 36.7 Å². The maximum Gasteiger partial charge on any atom is 0.251 e. The van der Waals surface area contributed by atoms with Crippen molar-refractivity contribution in [3.63, 3.8) is 0 Å². The molecule has 1 unspecified atom stereocenters. The SMILES string of the molecule is CCNCCNC(=O)C(NC(=O)c1ccc(F)cc1)C(C)C. The lowest BCUT2D eigenvalue weighted by atomic mass is 10.0. The molecule has 0 aromatic heterocycles. The minimum Gasteiger partial charge on any atom is -0.353 e. The van der Waals surface area contributed by atoms with Crippen molar-refractivity contribution < 1.29 is 14.0 Å². The predicted octanol–water partition coefficient (Wildman–Crippen LogP) is 1.31. The van der Waals surface area contributed by atoms with E-state index in [1.54, 1.807) is 0 Å². The van der Waals surface area contributed by atoms with E-state index in [-0.39, 0.29) is 17.7 Å². The fourth-order valence-electron chi connectivity index (χ4n) is 1.92. The Morgan fingerprint density at radius 2 is 1.77 bits per heavy atom. The van der Waals surface area contributed by atoms with Gasteiger partial charge < -0.3 is 16.0 Å². The number of carbonyl (C=O) groups is 2. The van der Waals surface area contributed by atoms with Gasteiger partial charge in [-0.2, -0.15) is 0 Å². The lowest BCUT2D eigenvalue weighted by molar-refractivity contribution is -0.123. The Morgan fingerprint density at radius 3 is 2.32 bits per heavy atom. The predicted molar refractivity (Wildman–Crippen MR) is 84.0 cm³/mol. The van der Waals surface area contributed by atoms with Gasteiger partial charge in [0.15, 0.2) is 0 Å². The molecule has 5 nitrogen and oxygen atoms in total. The molecule has 1 aromatic carbocycles. The number of likely N-dealkylation sites (N-methyl/N-ethyl adjacent to an activating group) is 1. The second kappa shape index (κ2) is 9.15. The summed E-state index contributed by atoms with van der Waals surface area (Å²) >= 11 is 0. The van der Waals surface area contributed by atoms with Crippen LogP contribution in [0.3, 0.4) is 0 Å². The highest BCUT2D eigenvalue weighted by Gasteiger charge is 2.24. The maximum atomic E-state index is 12.9. The summed E-state index contributed by atoms with van der Waals surface area (Å²) in [4.78, 5) is 24.3. The zero-order chi connectivity index (χ0) is 16.5. The van der Waals surface area contributed by atoms with E-state index >= 15 is 0 Å². The molecular weight excluding hydrogens is 285 g/mol. The number of amides is 2. The van der Waals surface area contributed by atoms with Crippen molar-refractivity contribution in [3.8, 4) is 0 Å². The first-order chi connectivity index (χ1) is 10.5. The molecule has 122 valence electrons. The van der Waals surface area contributed by atoms with E-state index in [2.05, 4.69) is 16.0 Å². The number of halogens is 1. The fourth-order valence-corrected chi connectivity index (χ4v) is 1.92. The Bertz CT molecular complexity index is 489. The van der Waals surface area contributed by atoms with E-state index in [1.807, 2.05) is 20.8 Å². The summed E-state index contributed by atoms with van der Waals surface area (Å²) in [5.41, 5.74) is 0.326. The summed E-state index contributed by atoms with van der Waals surface area (Å²) in [6.07, 6.45) is 0. The van der Waals surface area contributed by atoms with E-state index in [0.29, 0.717) is 18.7 Å². The van der Waals surface area contributed by atoms with Gasteiger partial charge in [-0.15, -0.1) is 0 Å². The first-order valence-electron chi connectivity index (χ1n) is 7.50. The fraction of sp³-hybridized carbons (Fsp3) is 0.500. The molecule has 0 aliphatic rings. The molecule has 0 aliphatic heterocycles. The minimum absolute atomic E-state index is 0.0523. The van der Waals surface area contributed by atoms with E-state index in [0.717, 1.165) is 6.54 Å². The Morgan fingerprint density at radius 1 is 1.14 bits per heavy atom. The topological polar surface area (TPSA) is 70.2 Å². The number of hydrogen-bond donors (Lipinski definition) is 3. The van der Waals surface area contributed by atoms with Crippen LogP contribution >= 0.6 is 0 Å². The molecule has 0 saturated heterocycles. The van der Waals surface area contributed by atoms with Gasteiger partial charge in [0.25, 0.3) is 5.91 Å². The van der Waals surface area contributed by atoms with Crippen molar-refractivity contribution in [2.75, 3.05) is 19.6 Å². The van der Waals surface area contributed by atoms with Gasteiger partial charge in [-0.1, -0.05) is 20.8 Å². The van der Waals surface area contributed by atoms with Crippen LogP contribution in [0.5, 0.6) is 0 Å². The third-order valence-corrected chi connectivity index (χ3v) is 3.19. The number of nitrogens with one attached hydrogen (secondary N) is 3. The molecule has 0 radical (unpaired) electrons. The van der Waals surface area contributed by atoms with Crippen molar-refractivity contribution in [3.05, 3.63) is 35.6 Å². The van der Waals surface area contributed by atoms with Gasteiger partial charge >= 0.3 is 0 Å². The van der Waals surface area contributed by atoms with E-state index in [9.17, 15) is 14.0 Å². The second-order valence-electron chi connectivity index (χ2n) is 5.35. The second-order valence-corrected chi connectivity index (χ2v) is 5.35. The lowest BCUT2D eigenvalue weighted by Crippen LogP contribution is -2.50. The third kappa shape index (κ3) is 5.81. The first-order valence-corrected chi connectivity index (χ1v) is 7.50. The third-order valence-electron chi connectivity index (χ3n) is 3.19. The van der Waals surface area contributed by atoms with Gasteiger partial charge in [0.1, 0.15) is 11.9 Å². The number of carbonyl (C=O) groups excluding carboxylic acids is 2. The summed E-state index contributed by atoms with van der Waals surface area (Å²) in [5, 5.41) is 8.59. The summed E-state index contributed by atoms with van der Waals surface area (Å²) in [6, 6.07) is 4.60. The van der Waals surface area contributed by atoms with Crippen LogP contribution in [-0.2, 0) is 4.79 Å². The molecule has 0 heterocycles. The van der Waals surface area contributed by atoms with Gasteiger partial charge in [0.05, 0.1) is 0 Å². The number of hydrogen-bond acceptors (Lipinski definition) is 3. The maximum absolute atomic E-state index is 12.9. The smallest absolute Gasteiger partial charge is 0.251 e. The standard InChI is InChI=1S/C16H24FN3O2/c1-4-18-9-10-19-16(22)14(11(2)3)20-15(21)12-5-7-13(17)8-6-12/h5-8,11,14,18H,4,9-10H2,1-3H3,(H,19,22)(H,20,21). The molecule has 2 amide bonds. The van der Waals surface area contributed by atoms with Gasteiger partial charge in [-0.25, -0.2) is 4.39 Å². The molecule has 0 aliphatic carbocycles. The molecule has 3 N–H and O–H groups in total. The highest BCUT2D eigenvalue weighted by molar-refractivity contribution is 5.97. The Balaban J connectivity index is 2.61. The summed E-state index contributed by atoms with van der Waals surface area (Å²) in [6.45, 7) is 7.73. The minimum atomic E-state index is -0.626. The number of benzene rings is 1. The monoisotopic (exact) mass is 309 g/mol. The van der Waals surface area contributed by atoms with Gasteiger partial charge in [0, 0.05) is 18.7 Å². The average molecular weight is 309 g/mol. The van der Waals surface area contributed by atoms with Crippen molar-refractivity contribution in [2.24, 2.45) is 5.92 Å². The van der Waals surface area contributed by atoms with Crippen LogP contribution in [0.15, 0.2) is 24.3 Å². The average Bonchev–Trinajstić information content (AvgIpc) is 2.49. The largest absolute Gasteiger partial charge is 0.353 e. The molecule has 1 atom stereocenters. The van der Waals surface area contributed by atoms with Crippen LogP contribution in [0.4, 0.5) is 4.39 Å². The van der Waals surface area contributed by atoms with Crippen LogP contribution in [0.2, 0.25) is 0 Å². The molecular formula is C16H24FN3O2. The van der Waals surface area contributed by atoms with Crippen molar-refractivity contribution in [2.45, 2.75) is 26.8 Å². The zero-order valence-electron chi connectivity index (χ0n) is 13.3. The molecule has 22 heavy (non-hydrogen) atoms. The summed E-state index contributed by atoms with van der Waals surface area (Å²) < 4.78 is 12.9. The first kappa shape index (κ1) is 18.1. The Labute approximate surface area is 130 Å². The number of rotatable bonds is 8. The highest BCUT2D eigenvalue weighted by Crippen LogP contribution is 2.06. The van der Waals surface area contributed by atoms with Crippen molar-refractivity contribution >= 4 is 11.8 Å². The Kier molecular flexibility index (Phi) is 7.52.